The van der Waals surface area contributed by atoms with Gasteiger partial charge in [-0.1, -0.05) is 18.2 Å². The van der Waals surface area contributed by atoms with Crippen LogP contribution >= 0.6 is 0 Å². The van der Waals surface area contributed by atoms with E-state index in [9.17, 15) is 9.59 Å². The zero-order chi connectivity index (χ0) is 21.8. The minimum atomic E-state index is -1.05. The van der Waals surface area contributed by atoms with Gasteiger partial charge in [0.1, 0.15) is 11.5 Å². The Balaban J connectivity index is 1.35. The van der Waals surface area contributed by atoms with Crippen molar-refractivity contribution in [1.82, 2.24) is 19.6 Å². The minimum Gasteiger partial charge on any atom is -0.457 e. The number of nitrogens with zero attached hydrogens (tertiary/aromatic N) is 4. The van der Waals surface area contributed by atoms with E-state index in [-0.39, 0.29) is 11.6 Å². The number of para-hydroxylation sites is 1. The van der Waals surface area contributed by atoms with Gasteiger partial charge in [-0.2, -0.15) is 4.98 Å². The highest BCUT2D eigenvalue weighted by Gasteiger charge is 2.22. The molecule has 0 aliphatic rings. The number of anilines is 1. The number of esters is 1. The van der Waals surface area contributed by atoms with E-state index in [1.165, 1.54) is 11.4 Å². The van der Waals surface area contributed by atoms with Crippen molar-refractivity contribution in [2.45, 2.75) is 20.0 Å². The first kappa shape index (κ1) is 20.0. The third-order valence-corrected chi connectivity index (χ3v) is 4.37. The fourth-order valence-corrected chi connectivity index (χ4v) is 2.73. The summed E-state index contributed by atoms with van der Waals surface area (Å²) < 4.78 is 12.3. The molecule has 1 unspecified atom stereocenters. The van der Waals surface area contributed by atoms with Crippen LogP contribution < -0.4 is 10.1 Å². The van der Waals surface area contributed by atoms with Gasteiger partial charge in [0.25, 0.3) is 17.5 Å². The molecule has 0 saturated carbocycles. The minimum absolute atomic E-state index is 0.163. The molecule has 156 valence electrons. The predicted octanol–water partition coefficient (Wildman–Crippen LogP) is 3.41. The Morgan fingerprint density at radius 3 is 2.42 bits per heavy atom. The number of hydrogen-bond donors (Lipinski definition) is 1. The molecule has 9 heteroatoms. The highest BCUT2D eigenvalue weighted by molar-refractivity contribution is 5.96. The Labute approximate surface area is 177 Å². The first-order chi connectivity index (χ1) is 15.0. The van der Waals surface area contributed by atoms with Crippen molar-refractivity contribution < 1.29 is 19.1 Å². The number of aromatic nitrogens is 4. The van der Waals surface area contributed by atoms with E-state index in [1.54, 1.807) is 36.5 Å². The lowest BCUT2D eigenvalue weighted by Gasteiger charge is -2.13. The maximum absolute atomic E-state index is 12.4. The first-order valence-electron chi connectivity index (χ1n) is 9.53. The van der Waals surface area contributed by atoms with Gasteiger partial charge in [0.15, 0.2) is 6.10 Å². The molecule has 0 saturated heterocycles. The summed E-state index contributed by atoms with van der Waals surface area (Å²) in [5.74, 6) is 0.171. The van der Waals surface area contributed by atoms with Gasteiger partial charge >= 0.3 is 5.97 Å². The average Bonchev–Trinajstić information content (AvgIpc) is 3.22. The van der Waals surface area contributed by atoms with Gasteiger partial charge in [0.2, 0.25) is 0 Å². The molecule has 2 aromatic heterocycles. The molecular formula is C22H19N5O4. The molecule has 1 atom stereocenters. The molecular weight excluding hydrogens is 398 g/mol. The molecule has 9 nitrogen and oxygen atoms in total. The molecule has 2 heterocycles. The zero-order valence-corrected chi connectivity index (χ0v) is 16.9. The van der Waals surface area contributed by atoms with Gasteiger partial charge < -0.3 is 14.8 Å². The summed E-state index contributed by atoms with van der Waals surface area (Å²) in [6.45, 7) is 3.28. The van der Waals surface area contributed by atoms with E-state index in [0.29, 0.717) is 17.2 Å². The van der Waals surface area contributed by atoms with Crippen molar-refractivity contribution in [2.24, 2.45) is 0 Å². The van der Waals surface area contributed by atoms with Crippen LogP contribution in [0.1, 0.15) is 23.2 Å². The molecule has 0 aliphatic carbocycles. The van der Waals surface area contributed by atoms with Gasteiger partial charge in [-0.25, -0.2) is 14.3 Å². The van der Waals surface area contributed by atoms with Crippen LogP contribution in [0.5, 0.6) is 11.5 Å². The lowest BCUT2D eigenvalue weighted by molar-refractivity contribution is -0.123. The number of carbonyl (C=O) groups is 2. The topological polar surface area (TPSA) is 108 Å². The number of benzene rings is 2. The van der Waals surface area contributed by atoms with Crippen LogP contribution in [0.25, 0.3) is 5.78 Å². The van der Waals surface area contributed by atoms with Crippen LogP contribution in [-0.2, 0) is 9.53 Å². The molecule has 0 bridgehead atoms. The van der Waals surface area contributed by atoms with Crippen LogP contribution in [0, 0.1) is 6.92 Å². The van der Waals surface area contributed by atoms with Crippen LogP contribution in [0.15, 0.2) is 66.9 Å². The van der Waals surface area contributed by atoms with E-state index in [1.807, 2.05) is 37.3 Å². The van der Waals surface area contributed by atoms with E-state index >= 15 is 0 Å². The van der Waals surface area contributed by atoms with Gasteiger partial charge in [0.05, 0.1) is 0 Å². The summed E-state index contributed by atoms with van der Waals surface area (Å²) in [4.78, 5) is 32.8. The maximum Gasteiger partial charge on any atom is 0.379 e. The summed E-state index contributed by atoms with van der Waals surface area (Å²) in [5.41, 5.74) is 1.31. The molecule has 0 fully saturated rings. The molecule has 1 N–H and O–H groups in total. The zero-order valence-electron chi connectivity index (χ0n) is 16.9. The fourth-order valence-electron chi connectivity index (χ4n) is 2.73. The molecule has 0 spiro atoms. The van der Waals surface area contributed by atoms with Crippen LogP contribution in [0.4, 0.5) is 5.69 Å². The number of amides is 1. The molecule has 2 aromatic carbocycles. The molecule has 0 aliphatic heterocycles. The second kappa shape index (κ2) is 8.62. The lowest BCUT2D eigenvalue weighted by Crippen LogP contribution is -2.30. The first-order valence-corrected chi connectivity index (χ1v) is 9.53. The summed E-state index contributed by atoms with van der Waals surface area (Å²) in [6, 6.07) is 18.0. The fraction of sp³-hybridized carbons (Fsp3) is 0.136. The number of fused-ring (bicyclic) bond motifs is 1. The molecule has 31 heavy (non-hydrogen) atoms. The average molecular weight is 417 g/mol. The number of nitrogens with one attached hydrogen (secondary N) is 1. The largest absolute Gasteiger partial charge is 0.457 e. The van der Waals surface area contributed by atoms with Crippen LogP contribution in [-0.4, -0.2) is 37.6 Å². The maximum atomic E-state index is 12.4. The summed E-state index contributed by atoms with van der Waals surface area (Å²) in [5, 5.41) is 6.77. The Kier molecular flexibility index (Phi) is 5.57. The molecule has 4 rings (SSSR count). The molecule has 1 amide bonds. The highest BCUT2D eigenvalue weighted by atomic mass is 16.5. The summed E-state index contributed by atoms with van der Waals surface area (Å²) in [6.07, 6.45) is 0.522. The van der Waals surface area contributed by atoms with E-state index in [0.717, 1.165) is 5.69 Å². The number of carbonyl (C=O) groups excluding carboxylic acids is 2. The summed E-state index contributed by atoms with van der Waals surface area (Å²) in [7, 11) is 0. The smallest absolute Gasteiger partial charge is 0.379 e. The number of rotatable bonds is 6. The summed E-state index contributed by atoms with van der Waals surface area (Å²) >= 11 is 0. The number of ether oxygens (including phenoxy) is 2. The van der Waals surface area contributed by atoms with Crippen LogP contribution in [0.3, 0.4) is 0 Å². The Hall–Kier alpha value is -4.27. The Morgan fingerprint density at radius 1 is 1.00 bits per heavy atom. The lowest BCUT2D eigenvalue weighted by atomic mass is 10.2. The Bertz CT molecular complexity index is 1220. The standard InChI is InChI=1S/C22H19N5O4/c1-14-12-13-23-22-25-19(26-27(14)22)21(29)30-15(2)20(28)24-16-8-10-18(11-9-16)31-17-6-4-3-5-7-17/h3-13,15H,1-2H3,(H,24,28). The van der Waals surface area contributed by atoms with Gasteiger partial charge in [0, 0.05) is 17.6 Å². The van der Waals surface area contributed by atoms with E-state index in [2.05, 4.69) is 20.4 Å². The Morgan fingerprint density at radius 2 is 1.71 bits per heavy atom. The second-order valence-corrected chi connectivity index (χ2v) is 6.71. The van der Waals surface area contributed by atoms with E-state index < -0.39 is 18.0 Å². The van der Waals surface area contributed by atoms with Crippen molar-refractivity contribution >= 4 is 23.3 Å². The van der Waals surface area contributed by atoms with Crippen molar-refractivity contribution in [1.29, 1.82) is 0 Å². The SMILES string of the molecule is Cc1ccnc2nc(C(=O)OC(C)C(=O)Nc3ccc(Oc4ccccc4)cc3)nn12. The normalized spacial score (nSPS) is 11.7. The number of hydrogen-bond acceptors (Lipinski definition) is 7. The van der Waals surface area contributed by atoms with Gasteiger partial charge in [-0.3, -0.25) is 4.79 Å². The second-order valence-electron chi connectivity index (χ2n) is 6.71. The van der Waals surface area contributed by atoms with E-state index in [4.69, 9.17) is 9.47 Å². The molecule has 0 radical (unpaired) electrons. The van der Waals surface area contributed by atoms with Crippen molar-refractivity contribution in [3.63, 3.8) is 0 Å². The van der Waals surface area contributed by atoms with Gasteiger partial charge in [-0.15, -0.1) is 5.10 Å². The number of aryl methyl sites for hydroxylation is 1. The predicted molar refractivity (Wildman–Crippen MR) is 112 cm³/mol. The van der Waals surface area contributed by atoms with Gasteiger partial charge in [-0.05, 0) is 56.3 Å². The monoisotopic (exact) mass is 417 g/mol. The van der Waals surface area contributed by atoms with Crippen molar-refractivity contribution in [3.05, 3.63) is 78.4 Å². The van der Waals surface area contributed by atoms with Crippen molar-refractivity contribution in [3.8, 4) is 11.5 Å². The third-order valence-electron chi connectivity index (χ3n) is 4.37. The molecule has 4 aromatic rings. The third kappa shape index (κ3) is 4.67. The van der Waals surface area contributed by atoms with Crippen LogP contribution in [0.2, 0.25) is 0 Å². The quantitative estimate of drug-likeness (QED) is 0.479. The van der Waals surface area contributed by atoms with Crippen molar-refractivity contribution in [2.75, 3.05) is 5.32 Å². The highest BCUT2D eigenvalue weighted by Crippen LogP contribution is 2.22.